The van der Waals surface area contributed by atoms with E-state index in [9.17, 15) is 14.4 Å². The van der Waals surface area contributed by atoms with E-state index in [2.05, 4.69) is 16.0 Å². The number of hydrogen-bond acceptors (Lipinski definition) is 3. The average Bonchev–Trinajstić information content (AvgIpc) is 2.36. The zero-order valence-corrected chi connectivity index (χ0v) is 11.3. The van der Waals surface area contributed by atoms with E-state index in [1.54, 1.807) is 6.07 Å². The first-order valence-corrected chi connectivity index (χ1v) is 6.06. The summed E-state index contributed by atoms with van der Waals surface area (Å²) in [5, 5.41) is 16.3. The van der Waals surface area contributed by atoms with Crippen molar-refractivity contribution < 1.29 is 19.5 Å². The van der Waals surface area contributed by atoms with Crippen LogP contribution in [0.3, 0.4) is 0 Å². The molecule has 0 heterocycles. The Kier molecular flexibility index (Phi) is 5.52. The first kappa shape index (κ1) is 15.5. The average molecular weight is 279 g/mol. The number of amides is 3. The molecule has 1 aromatic rings. The van der Waals surface area contributed by atoms with E-state index < -0.39 is 12.0 Å². The number of rotatable bonds is 5. The van der Waals surface area contributed by atoms with Crippen LogP contribution >= 0.6 is 0 Å². The third kappa shape index (κ3) is 5.38. The fourth-order valence-corrected chi connectivity index (χ4v) is 1.44. The molecule has 0 aromatic heterocycles. The fourth-order valence-electron chi connectivity index (χ4n) is 1.44. The van der Waals surface area contributed by atoms with Gasteiger partial charge in [0.2, 0.25) is 5.91 Å². The van der Waals surface area contributed by atoms with Gasteiger partial charge < -0.3 is 21.1 Å². The van der Waals surface area contributed by atoms with Crippen LogP contribution in [0.4, 0.5) is 10.5 Å². The third-order valence-electron chi connectivity index (χ3n) is 2.23. The monoisotopic (exact) mass is 279 g/mol. The topological polar surface area (TPSA) is 108 Å². The van der Waals surface area contributed by atoms with E-state index in [1.807, 2.05) is 13.8 Å². The van der Waals surface area contributed by atoms with E-state index in [0.29, 0.717) is 5.69 Å². The Morgan fingerprint density at radius 1 is 1.25 bits per heavy atom. The summed E-state index contributed by atoms with van der Waals surface area (Å²) in [6, 6.07) is 5.24. The molecule has 0 fully saturated rings. The molecule has 0 saturated heterocycles. The highest BCUT2D eigenvalue weighted by Gasteiger charge is 2.08. The van der Waals surface area contributed by atoms with Crippen LogP contribution in [-0.4, -0.2) is 35.6 Å². The predicted molar refractivity (Wildman–Crippen MR) is 73.7 cm³/mol. The first-order chi connectivity index (χ1) is 9.38. The summed E-state index contributed by atoms with van der Waals surface area (Å²) in [7, 11) is 0. The van der Waals surface area contributed by atoms with Crippen LogP contribution in [0.25, 0.3) is 0 Å². The number of benzene rings is 1. The molecule has 7 heteroatoms. The van der Waals surface area contributed by atoms with E-state index in [-0.39, 0.29) is 24.1 Å². The number of carboxylic acid groups (broad SMARTS) is 1. The van der Waals surface area contributed by atoms with Gasteiger partial charge in [0.1, 0.15) is 0 Å². The zero-order chi connectivity index (χ0) is 15.1. The summed E-state index contributed by atoms with van der Waals surface area (Å²) in [5.41, 5.74) is 0.409. The SMILES string of the molecule is CC(C)NC(=O)CNC(=O)Nc1cccc(C(=O)O)c1. The lowest BCUT2D eigenvalue weighted by Gasteiger charge is -2.10. The number of carboxylic acids is 1. The van der Waals surface area contributed by atoms with Crippen LogP contribution in [0.2, 0.25) is 0 Å². The van der Waals surface area contributed by atoms with Crippen molar-refractivity contribution in [3.8, 4) is 0 Å². The molecule has 0 aliphatic heterocycles. The van der Waals surface area contributed by atoms with Crippen molar-refractivity contribution in [2.24, 2.45) is 0 Å². The fraction of sp³-hybridized carbons (Fsp3) is 0.308. The number of carbonyl (C=O) groups excluding carboxylic acids is 2. The Labute approximate surface area is 116 Å². The summed E-state index contributed by atoms with van der Waals surface area (Å²) in [5.74, 6) is -1.38. The molecular weight excluding hydrogens is 262 g/mol. The van der Waals surface area contributed by atoms with E-state index >= 15 is 0 Å². The molecule has 0 aliphatic rings. The molecular formula is C13H17N3O4. The summed E-state index contributed by atoms with van der Waals surface area (Å²) in [6.07, 6.45) is 0. The smallest absolute Gasteiger partial charge is 0.335 e. The van der Waals surface area contributed by atoms with Gasteiger partial charge in [-0.3, -0.25) is 4.79 Å². The maximum Gasteiger partial charge on any atom is 0.335 e. The van der Waals surface area contributed by atoms with Crippen molar-refractivity contribution >= 4 is 23.6 Å². The van der Waals surface area contributed by atoms with Gasteiger partial charge in [-0.25, -0.2) is 9.59 Å². The van der Waals surface area contributed by atoms with Crippen LogP contribution in [0, 0.1) is 0 Å². The minimum absolute atomic E-state index is 0.000362. The molecule has 0 unspecified atom stereocenters. The number of hydrogen-bond donors (Lipinski definition) is 4. The molecule has 3 amide bonds. The molecule has 0 atom stereocenters. The number of carbonyl (C=O) groups is 3. The highest BCUT2D eigenvalue weighted by molar-refractivity contribution is 5.94. The van der Waals surface area contributed by atoms with Crippen molar-refractivity contribution in [3.63, 3.8) is 0 Å². The van der Waals surface area contributed by atoms with Crippen LogP contribution in [0.5, 0.6) is 0 Å². The Bertz CT molecular complexity index is 514. The van der Waals surface area contributed by atoms with Gasteiger partial charge >= 0.3 is 12.0 Å². The van der Waals surface area contributed by atoms with E-state index in [0.717, 1.165) is 0 Å². The molecule has 1 aromatic carbocycles. The van der Waals surface area contributed by atoms with Crippen LogP contribution in [-0.2, 0) is 4.79 Å². The number of aromatic carboxylic acids is 1. The second-order valence-corrected chi connectivity index (χ2v) is 4.42. The van der Waals surface area contributed by atoms with Crippen LogP contribution in [0.15, 0.2) is 24.3 Å². The van der Waals surface area contributed by atoms with Gasteiger partial charge in [-0.05, 0) is 32.0 Å². The molecule has 0 aliphatic carbocycles. The van der Waals surface area contributed by atoms with Gasteiger partial charge in [0.25, 0.3) is 0 Å². The van der Waals surface area contributed by atoms with Gasteiger partial charge in [-0.2, -0.15) is 0 Å². The van der Waals surface area contributed by atoms with Gasteiger partial charge in [0, 0.05) is 11.7 Å². The quantitative estimate of drug-likeness (QED) is 0.645. The summed E-state index contributed by atoms with van der Waals surface area (Å²) in [4.78, 5) is 33.6. The molecule has 108 valence electrons. The number of nitrogens with one attached hydrogen (secondary N) is 3. The van der Waals surface area contributed by atoms with Crippen LogP contribution < -0.4 is 16.0 Å². The summed E-state index contributed by atoms with van der Waals surface area (Å²) < 4.78 is 0. The van der Waals surface area contributed by atoms with E-state index in [1.165, 1.54) is 18.2 Å². The van der Waals surface area contributed by atoms with Gasteiger partial charge in [-0.15, -0.1) is 0 Å². The summed E-state index contributed by atoms with van der Waals surface area (Å²) in [6.45, 7) is 3.48. The molecule has 7 nitrogen and oxygen atoms in total. The Balaban J connectivity index is 2.48. The predicted octanol–water partition coefficient (Wildman–Crippen LogP) is 1.03. The van der Waals surface area contributed by atoms with Crippen molar-refractivity contribution in [2.75, 3.05) is 11.9 Å². The Morgan fingerprint density at radius 2 is 1.95 bits per heavy atom. The molecule has 20 heavy (non-hydrogen) atoms. The van der Waals surface area contributed by atoms with Gasteiger partial charge in [0.15, 0.2) is 0 Å². The zero-order valence-electron chi connectivity index (χ0n) is 11.3. The Hall–Kier alpha value is -2.57. The standard InChI is InChI=1S/C13H17N3O4/c1-8(2)15-11(17)7-14-13(20)16-10-5-3-4-9(6-10)12(18)19/h3-6,8H,7H2,1-2H3,(H,15,17)(H,18,19)(H2,14,16,20). The maximum atomic E-state index is 11.5. The third-order valence-corrected chi connectivity index (χ3v) is 2.23. The molecule has 0 spiro atoms. The molecule has 0 saturated carbocycles. The Morgan fingerprint density at radius 3 is 2.55 bits per heavy atom. The highest BCUT2D eigenvalue weighted by atomic mass is 16.4. The molecule has 1 rings (SSSR count). The summed E-state index contributed by atoms with van der Waals surface area (Å²) >= 11 is 0. The number of anilines is 1. The second kappa shape index (κ2) is 7.13. The van der Waals surface area contributed by atoms with E-state index in [4.69, 9.17) is 5.11 Å². The first-order valence-electron chi connectivity index (χ1n) is 6.06. The largest absolute Gasteiger partial charge is 0.478 e. The minimum atomic E-state index is -1.08. The lowest BCUT2D eigenvalue weighted by Crippen LogP contribution is -2.41. The minimum Gasteiger partial charge on any atom is -0.478 e. The molecule has 4 N–H and O–H groups in total. The normalized spacial score (nSPS) is 9.95. The van der Waals surface area contributed by atoms with Crippen molar-refractivity contribution in [1.29, 1.82) is 0 Å². The molecule has 0 radical (unpaired) electrons. The van der Waals surface area contributed by atoms with Crippen molar-refractivity contribution in [2.45, 2.75) is 19.9 Å². The lowest BCUT2D eigenvalue weighted by molar-refractivity contribution is -0.120. The van der Waals surface area contributed by atoms with Crippen LogP contribution in [0.1, 0.15) is 24.2 Å². The maximum absolute atomic E-state index is 11.5. The second-order valence-electron chi connectivity index (χ2n) is 4.42. The van der Waals surface area contributed by atoms with Gasteiger partial charge in [0.05, 0.1) is 12.1 Å². The highest BCUT2D eigenvalue weighted by Crippen LogP contribution is 2.10. The van der Waals surface area contributed by atoms with Crippen molar-refractivity contribution in [1.82, 2.24) is 10.6 Å². The lowest BCUT2D eigenvalue weighted by atomic mass is 10.2. The van der Waals surface area contributed by atoms with Crippen molar-refractivity contribution in [3.05, 3.63) is 29.8 Å². The van der Waals surface area contributed by atoms with Gasteiger partial charge in [-0.1, -0.05) is 6.07 Å². The number of urea groups is 1. The molecule has 0 bridgehead atoms.